The highest BCUT2D eigenvalue weighted by Gasteiger charge is 2.25. The normalized spacial score (nSPS) is 37.5. The van der Waals surface area contributed by atoms with Crippen molar-refractivity contribution in [1.82, 2.24) is 0 Å². The molecular weight excluding hydrogens is 135 g/mol. The van der Waals surface area contributed by atoms with Crippen molar-refractivity contribution in [1.29, 1.82) is 0 Å². The molecule has 0 aromatic rings. The standard InChI is InChI=1S/C7H13FO2/c1-5(9)7-4-6(8)2-3-10-7/h5-7,9H,2-4H2,1H3. The zero-order chi connectivity index (χ0) is 7.56. The second-order valence-electron chi connectivity index (χ2n) is 2.77. The number of rotatable bonds is 1. The molecule has 0 aromatic carbocycles. The van der Waals surface area contributed by atoms with Crippen LogP contribution < -0.4 is 0 Å². The zero-order valence-electron chi connectivity index (χ0n) is 6.09. The zero-order valence-corrected chi connectivity index (χ0v) is 6.09. The second kappa shape index (κ2) is 3.30. The maximum atomic E-state index is 12.6. The van der Waals surface area contributed by atoms with E-state index in [9.17, 15) is 4.39 Å². The van der Waals surface area contributed by atoms with E-state index in [0.717, 1.165) is 0 Å². The van der Waals surface area contributed by atoms with Crippen LogP contribution in [0, 0.1) is 0 Å². The maximum Gasteiger partial charge on any atom is 0.105 e. The van der Waals surface area contributed by atoms with Crippen LogP contribution in [0.15, 0.2) is 0 Å². The van der Waals surface area contributed by atoms with Gasteiger partial charge >= 0.3 is 0 Å². The summed E-state index contributed by atoms with van der Waals surface area (Å²) in [5.41, 5.74) is 0. The molecule has 1 fully saturated rings. The Labute approximate surface area is 60.0 Å². The lowest BCUT2D eigenvalue weighted by Crippen LogP contribution is -2.34. The molecule has 3 unspecified atom stereocenters. The van der Waals surface area contributed by atoms with Crippen LogP contribution in [-0.2, 0) is 4.74 Å². The van der Waals surface area contributed by atoms with Crippen molar-refractivity contribution in [3.63, 3.8) is 0 Å². The predicted octanol–water partition coefficient (Wildman–Crippen LogP) is 0.884. The third-order valence-corrected chi connectivity index (χ3v) is 1.79. The van der Waals surface area contributed by atoms with E-state index >= 15 is 0 Å². The predicted molar refractivity (Wildman–Crippen MR) is 35.6 cm³/mol. The van der Waals surface area contributed by atoms with Gasteiger partial charge in [-0.3, -0.25) is 0 Å². The number of aliphatic hydroxyl groups is 1. The van der Waals surface area contributed by atoms with Gasteiger partial charge in [-0.1, -0.05) is 0 Å². The van der Waals surface area contributed by atoms with E-state index in [2.05, 4.69) is 0 Å². The molecule has 0 amide bonds. The Morgan fingerprint density at radius 1 is 1.70 bits per heavy atom. The highest BCUT2D eigenvalue weighted by atomic mass is 19.1. The molecule has 0 aromatic heterocycles. The van der Waals surface area contributed by atoms with Crippen LogP contribution >= 0.6 is 0 Å². The lowest BCUT2D eigenvalue weighted by molar-refractivity contribution is -0.0759. The Hall–Kier alpha value is -0.150. The van der Waals surface area contributed by atoms with Gasteiger partial charge in [0.05, 0.1) is 12.2 Å². The lowest BCUT2D eigenvalue weighted by Gasteiger charge is -2.27. The Morgan fingerprint density at radius 3 is 2.80 bits per heavy atom. The number of halogens is 1. The third kappa shape index (κ3) is 1.92. The van der Waals surface area contributed by atoms with Gasteiger partial charge in [-0.15, -0.1) is 0 Å². The molecule has 1 heterocycles. The van der Waals surface area contributed by atoms with E-state index in [1.807, 2.05) is 0 Å². The van der Waals surface area contributed by atoms with Gasteiger partial charge in [-0.05, 0) is 6.92 Å². The topological polar surface area (TPSA) is 29.5 Å². The summed E-state index contributed by atoms with van der Waals surface area (Å²) >= 11 is 0. The first kappa shape index (κ1) is 7.95. The Bertz CT molecular complexity index is 106. The molecule has 10 heavy (non-hydrogen) atoms. The quantitative estimate of drug-likeness (QED) is 0.598. The first-order valence-electron chi connectivity index (χ1n) is 3.64. The van der Waals surface area contributed by atoms with E-state index in [0.29, 0.717) is 19.4 Å². The molecule has 1 saturated heterocycles. The van der Waals surface area contributed by atoms with E-state index in [4.69, 9.17) is 9.84 Å². The number of hydrogen-bond donors (Lipinski definition) is 1. The van der Waals surface area contributed by atoms with Crippen molar-refractivity contribution in [2.24, 2.45) is 0 Å². The molecule has 3 heteroatoms. The molecule has 1 aliphatic heterocycles. The minimum absolute atomic E-state index is 0.288. The maximum absolute atomic E-state index is 12.6. The first-order valence-corrected chi connectivity index (χ1v) is 3.64. The van der Waals surface area contributed by atoms with E-state index in [1.54, 1.807) is 6.92 Å². The molecule has 3 atom stereocenters. The minimum Gasteiger partial charge on any atom is -0.391 e. The number of ether oxygens (including phenoxy) is 1. The van der Waals surface area contributed by atoms with Gasteiger partial charge in [0.25, 0.3) is 0 Å². The van der Waals surface area contributed by atoms with Crippen LogP contribution in [0.4, 0.5) is 4.39 Å². The molecular formula is C7H13FO2. The average molecular weight is 148 g/mol. The Morgan fingerprint density at radius 2 is 2.40 bits per heavy atom. The monoisotopic (exact) mass is 148 g/mol. The van der Waals surface area contributed by atoms with Crippen LogP contribution in [0.2, 0.25) is 0 Å². The van der Waals surface area contributed by atoms with E-state index in [-0.39, 0.29) is 6.10 Å². The van der Waals surface area contributed by atoms with Crippen molar-refractivity contribution in [2.45, 2.75) is 38.1 Å². The molecule has 1 rings (SSSR count). The molecule has 0 radical (unpaired) electrons. The molecule has 2 nitrogen and oxygen atoms in total. The summed E-state index contributed by atoms with van der Waals surface area (Å²) in [5, 5.41) is 9.00. The molecule has 0 saturated carbocycles. The average Bonchev–Trinajstić information content (AvgIpc) is 1.88. The highest BCUT2D eigenvalue weighted by molar-refractivity contribution is 4.74. The van der Waals surface area contributed by atoms with E-state index < -0.39 is 12.3 Å². The van der Waals surface area contributed by atoms with Crippen molar-refractivity contribution >= 4 is 0 Å². The van der Waals surface area contributed by atoms with Crippen LogP contribution in [-0.4, -0.2) is 30.1 Å². The van der Waals surface area contributed by atoms with Crippen LogP contribution in [0.1, 0.15) is 19.8 Å². The Kier molecular flexibility index (Phi) is 2.63. The summed E-state index contributed by atoms with van der Waals surface area (Å²) in [4.78, 5) is 0. The number of alkyl halides is 1. The summed E-state index contributed by atoms with van der Waals surface area (Å²) < 4.78 is 17.7. The fourth-order valence-electron chi connectivity index (χ4n) is 1.12. The summed E-state index contributed by atoms with van der Waals surface area (Å²) in [5.74, 6) is 0. The van der Waals surface area contributed by atoms with Gasteiger partial charge in [0.2, 0.25) is 0 Å². The fraction of sp³-hybridized carbons (Fsp3) is 1.00. The largest absolute Gasteiger partial charge is 0.391 e. The van der Waals surface area contributed by atoms with Gasteiger partial charge in [0, 0.05) is 19.4 Å². The van der Waals surface area contributed by atoms with E-state index in [1.165, 1.54) is 0 Å². The minimum atomic E-state index is -0.784. The summed E-state index contributed by atoms with van der Waals surface area (Å²) in [6.07, 6.45) is -0.795. The first-order chi connectivity index (χ1) is 4.70. The van der Waals surface area contributed by atoms with Crippen molar-refractivity contribution < 1.29 is 14.2 Å². The molecule has 60 valence electrons. The third-order valence-electron chi connectivity index (χ3n) is 1.79. The second-order valence-corrected chi connectivity index (χ2v) is 2.77. The van der Waals surface area contributed by atoms with Crippen molar-refractivity contribution in [2.75, 3.05) is 6.61 Å². The van der Waals surface area contributed by atoms with Crippen molar-refractivity contribution in [3.8, 4) is 0 Å². The summed E-state index contributed by atoms with van der Waals surface area (Å²) in [7, 11) is 0. The lowest BCUT2D eigenvalue weighted by atomic mass is 10.0. The van der Waals surface area contributed by atoms with Gasteiger partial charge < -0.3 is 9.84 Å². The van der Waals surface area contributed by atoms with Gasteiger partial charge in [-0.2, -0.15) is 0 Å². The van der Waals surface area contributed by atoms with Crippen LogP contribution in [0.3, 0.4) is 0 Å². The van der Waals surface area contributed by atoms with Crippen LogP contribution in [0.5, 0.6) is 0 Å². The number of hydrogen-bond acceptors (Lipinski definition) is 2. The SMILES string of the molecule is CC(O)C1CC(F)CCO1. The fourth-order valence-corrected chi connectivity index (χ4v) is 1.12. The van der Waals surface area contributed by atoms with Gasteiger partial charge in [0.15, 0.2) is 0 Å². The smallest absolute Gasteiger partial charge is 0.105 e. The van der Waals surface area contributed by atoms with Gasteiger partial charge in [0.1, 0.15) is 6.17 Å². The van der Waals surface area contributed by atoms with Crippen molar-refractivity contribution in [3.05, 3.63) is 0 Å². The molecule has 0 spiro atoms. The van der Waals surface area contributed by atoms with Crippen LogP contribution in [0.25, 0.3) is 0 Å². The molecule has 0 bridgehead atoms. The number of aliphatic hydroxyl groups excluding tert-OH is 1. The van der Waals surface area contributed by atoms with Gasteiger partial charge in [-0.25, -0.2) is 4.39 Å². The summed E-state index contributed by atoms with van der Waals surface area (Å²) in [6.45, 7) is 2.07. The molecule has 1 N–H and O–H groups in total. The highest BCUT2D eigenvalue weighted by Crippen LogP contribution is 2.18. The molecule has 1 aliphatic rings. The molecule has 0 aliphatic carbocycles. The Balaban J connectivity index is 2.32. The summed E-state index contributed by atoms with van der Waals surface area (Å²) in [6, 6.07) is 0.